The van der Waals surface area contributed by atoms with Crippen LogP contribution >= 0.6 is 0 Å². The third-order valence-electron chi connectivity index (χ3n) is 2.73. The number of rotatable bonds is 3. The molecule has 0 aromatic rings. The van der Waals surface area contributed by atoms with E-state index in [0.717, 1.165) is 26.1 Å². The van der Waals surface area contributed by atoms with Gasteiger partial charge in [0.15, 0.2) is 0 Å². The normalized spacial score (nSPS) is 16.2. The number of nitrogens with two attached hydrogens (primary N) is 1. The second kappa shape index (κ2) is 9.34. The maximum atomic E-state index is 7.99. The van der Waals surface area contributed by atoms with E-state index in [-0.39, 0.29) is 0 Å². The fourth-order valence-corrected chi connectivity index (χ4v) is 1.48. The summed E-state index contributed by atoms with van der Waals surface area (Å²) in [5, 5.41) is 13.2. The summed E-state index contributed by atoms with van der Waals surface area (Å²) in [7, 11) is 0. The highest BCUT2D eigenvalue weighted by Crippen LogP contribution is 2.06. The van der Waals surface area contributed by atoms with Crippen LogP contribution in [0.5, 0.6) is 0 Å². The van der Waals surface area contributed by atoms with Gasteiger partial charge in [-0.1, -0.05) is 20.4 Å². The summed E-state index contributed by atoms with van der Waals surface area (Å²) >= 11 is 0. The van der Waals surface area contributed by atoms with Gasteiger partial charge in [0.1, 0.15) is 0 Å². The van der Waals surface area contributed by atoms with Crippen molar-refractivity contribution in [2.75, 3.05) is 19.6 Å². The van der Waals surface area contributed by atoms with Crippen LogP contribution in [0, 0.1) is 11.3 Å². The number of nitrogens with one attached hydrogen (secondary N) is 1. The molecule has 0 aliphatic carbocycles. The summed E-state index contributed by atoms with van der Waals surface area (Å²) in [6.45, 7) is 10.6. The molecule has 0 aromatic heterocycles. The van der Waals surface area contributed by atoms with Gasteiger partial charge in [-0.2, -0.15) is 5.26 Å². The lowest BCUT2D eigenvalue weighted by molar-refractivity contribution is 0.173. The van der Waals surface area contributed by atoms with Crippen molar-refractivity contribution < 1.29 is 0 Å². The Labute approximate surface area is 99.1 Å². The molecule has 0 atom stereocenters. The van der Waals surface area contributed by atoms with Crippen LogP contribution in [0.25, 0.3) is 0 Å². The van der Waals surface area contributed by atoms with E-state index in [2.05, 4.69) is 18.8 Å². The van der Waals surface area contributed by atoms with E-state index in [1.54, 1.807) is 0 Å². The zero-order chi connectivity index (χ0) is 12.4. The molecule has 3 N–H and O–H groups in total. The number of allylic oxidation sites excluding steroid dienone is 1. The van der Waals surface area contributed by atoms with Crippen molar-refractivity contribution in [1.29, 1.82) is 5.26 Å². The molecule has 4 nitrogen and oxygen atoms in total. The molecule has 0 radical (unpaired) electrons. The average Bonchev–Trinajstić information content (AvgIpc) is 2.38. The van der Waals surface area contributed by atoms with Crippen molar-refractivity contribution >= 4 is 0 Å². The van der Waals surface area contributed by atoms with Gasteiger partial charge in [-0.05, 0) is 32.4 Å². The largest absolute Gasteiger partial charge is 0.317 e. The van der Waals surface area contributed by atoms with Gasteiger partial charge in [0.05, 0.1) is 6.07 Å². The molecular formula is C12H24N4. The summed E-state index contributed by atoms with van der Waals surface area (Å²) < 4.78 is 0. The van der Waals surface area contributed by atoms with Crippen molar-refractivity contribution in [3.05, 3.63) is 12.2 Å². The Balaban J connectivity index is 0.000000325. The molecule has 1 aliphatic rings. The van der Waals surface area contributed by atoms with E-state index in [9.17, 15) is 0 Å². The molecular weight excluding hydrogens is 200 g/mol. The summed E-state index contributed by atoms with van der Waals surface area (Å²) in [6, 6.07) is 2.54. The second-order valence-electron chi connectivity index (χ2n) is 3.88. The molecule has 1 heterocycles. The first-order chi connectivity index (χ1) is 7.65. The highest BCUT2D eigenvalue weighted by molar-refractivity contribution is 5.14. The highest BCUT2D eigenvalue weighted by atomic mass is 15.4. The predicted molar refractivity (Wildman–Crippen MR) is 67.5 cm³/mol. The SMILES string of the molecule is C=C(C#N)CC.CCN(N)C1CCNCC1. The molecule has 0 unspecified atom stereocenters. The Morgan fingerprint density at radius 1 is 1.50 bits per heavy atom. The van der Waals surface area contributed by atoms with Crippen molar-refractivity contribution in [3.63, 3.8) is 0 Å². The second-order valence-corrected chi connectivity index (χ2v) is 3.88. The van der Waals surface area contributed by atoms with Gasteiger partial charge in [0.25, 0.3) is 0 Å². The summed E-state index contributed by atoms with van der Waals surface area (Å²) in [6.07, 6.45) is 3.17. The minimum atomic E-state index is 0.617. The van der Waals surface area contributed by atoms with Crippen LogP contribution in [0.4, 0.5) is 0 Å². The van der Waals surface area contributed by atoms with Crippen LogP contribution in [0.1, 0.15) is 33.1 Å². The Morgan fingerprint density at radius 2 is 2.06 bits per heavy atom. The molecule has 16 heavy (non-hydrogen) atoms. The fraction of sp³-hybridized carbons (Fsp3) is 0.750. The van der Waals surface area contributed by atoms with Gasteiger partial charge < -0.3 is 5.32 Å². The quantitative estimate of drug-likeness (QED) is 0.432. The molecule has 4 heteroatoms. The van der Waals surface area contributed by atoms with E-state index in [1.807, 2.05) is 18.0 Å². The lowest BCUT2D eigenvalue weighted by Crippen LogP contribution is -2.46. The maximum Gasteiger partial charge on any atom is 0.0940 e. The standard InChI is InChI=1S/C7H17N3.C5H7N/c1-2-10(8)7-3-5-9-6-4-7;1-3-5(2)4-6/h7,9H,2-6,8H2,1H3;2-3H2,1H3. The van der Waals surface area contributed by atoms with Gasteiger partial charge >= 0.3 is 0 Å². The smallest absolute Gasteiger partial charge is 0.0940 e. The van der Waals surface area contributed by atoms with Gasteiger partial charge in [0.2, 0.25) is 0 Å². The van der Waals surface area contributed by atoms with Crippen LogP contribution in [-0.2, 0) is 0 Å². The Bertz CT molecular complexity index is 226. The Hall–Kier alpha value is -0.890. The van der Waals surface area contributed by atoms with E-state index < -0.39 is 0 Å². The molecule has 1 rings (SSSR count). The number of nitrogens with zero attached hydrogens (tertiary/aromatic N) is 2. The highest BCUT2D eigenvalue weighted by Gasteiger charge is 2.15. The number of hydrogen-bond acceptors (Lipinski definition) is 4. The maximum absolute atomic E-state index is 7.99. The average molecular weight is 224 g/mol. The first-order valence-electron chi connectivity index (χ1n) is 5.95. The number of hydrazine groups is 1. The first-order valence-corrected chi connectivity index (χ1v) is 5.95. The Kier molecular flexibility index (Phi) is 8.82. The zero-order valence-electron chi connectivity index (χ0n) is 10.5. The van der Waals surface area contributed by atoms with Gasteiger partial charge in [-0.15, -0.1) is 0 Å². The molecule has 1 fully saturated rings. The minimum absolute atomic E-state index is 0.617. The lowest BCUT2D eigenvalue weighted by Gasteiger charge is -2.29. The third kappa shape index (κ3) is 6.57. The molecule has 0 saturated carbocycles. The zero-order valence-corrected chi connectivity index (χ0v) is 10.5. The van der Waals surface area contributed by atoms with Crippen LogP contribution in [0.2, 0.25) is 0 Å². The van der Waals surface area contributed by atoms with Gasteiger partial charge in [-0.25, -0.2) is 5.01 Å². The van der Waals surface area contributed by atoms with Crippen molar-refractivity contribution in [1.82, 2.24) is 10.3 Å². The molecule has 0 amide bonds. The molecule has 0 bridgehead atoms. The van der Waals surface area contributed by atoms with Crippen molar-refractivity contribution in [2.45, 2.75) is 39.2 Å². The number of nitriles is 1. The number of piperidine rings is 1. The minimum Gasteiger partial charge on any atom is -0.317 e. The number of hydrogen-bond donors (Lipinski definition) is 2. The monoisotopic (exact) mass is 224 g/mol. The van der Waals surface area contributed by atoms with Crippen LogP contribution < -0.4 is 11.2 Å². The van der Waals surface area contributed by atoms with E-state index in [4.69, 9.17) is 11.1 Å². The third-order valence-corrected chi connectivity index (χ3v) is 2.73. The predicted octanol–water partition coefficient (Wildman–Crippen LogP) is 1.41. The van der Waals surface area contributed by atoms with E-state index in [0.29, 0.717) is 11.6 Å². The van der Waals surface area contributed by atoms with Crippen LogP contribution in [0.3, 0.4) is 0 Å². The molecule has 0 aromatic carbocycles. The van der Waals surface area contributed by atoms with E-state index in [1.165, 1.54) is 12.8 Å². The van der Waals surface area contributed by atoms with Crippen LogP contribution in [0.15, 0.2) is 12.2 Å². The van der Waals surface area contributed by atoms with Crippen molar-refractivity contribution in [2.24, 2.45) is 5.84 Å². The van der Waals surface area contributed by atoms with E-state index >= 15 is 0 Å². The van der Waals surface area contributed by atoms with Gasteiger partial charge in [0, 0.05) is 18.2 Å². The molecule has 1 saturated heterocycles. The fourth-order valence-electron chi connectivity index (χ4n) is 1.48. The summed E-state index contributed by atoms with van der Waals surface area (Å²) in [5.41, 5.74) is 0.648. The Morgan fingerprint density at radius 3 is 2.38 bits per heavy atom. The summed E-state index contributed by atoms with van der Waals surface area (Å²) in [5.74, 6) is 5.75. The molecule has 1 aliphatic heterocycles. The van der Waals surface area contributed by atoms with Gasteiger partial charge in [-0.3, -0.25) is 5.84 Å². The first kappa shape index (κ1) is 15.1. The lowest BCUT2D eigenvalue weighted by atomic mass is 10.1. The topological polar surface area (TPSA) is 65.1 Å². The molecule has 0 spiro atoms. The summed E-state index contributed by atoms with van der Waals surface area (Å²) in [4.78, 5) is 0. The van der Waals surface area contributed by atoms with Crippen LogP contribution in [-0.4, -0.2) is 30.7 Å². The van der Waals surface area contributed by atoms with Crippen molar-refractivity contribution in [3.8, 4) is 6.07 Å². The molecule has 92 valence electrons.